The average molecular weight is 240 g/mol. The average Bonchev–Trinajstić information content (AvgIpc) is 2.28. The number of carboxylic acid groups (broad SMARTS) is 1. The molecule has 1 unspecified atom stereocenters. The molecule has 0 saturated carbocycles. The van der Waals surface area contributed by atoms with Crippen LogP contribution in [-0.2, 0) is 11.3 Å². The maximum absolute atomic E-state index is 10.3. The highest BCUT2D eigenvalue weighted by Crippen LogP contribution is 2.12. The van der Waals surface area contributed by atoms with Crippen LogP contribution < -0.4 is 10.1 Å². The summed E-state index contributed by atoms with van der Waals surface area (Å²) in [7, 11) is 1.53. The Bertz CT molecular complexity index is 370. The number of ether oxygens (including phenoxy) is 1. The lowest BCUT2D eigenvalue weighted by Gasteiger charge is -2.11. The van der Waals surface area contributed by atoms with Crippen molar-refractivity contribution < 1.29 is 19.7 Å². The first-order valence-electron chi connectivity index (χ1n) is 5.22. The zero-order chi connectivity index (χ0) is 12.7. The molecule has 0 aliphatic rings. The second-order valence-electron chi connectivity index (χ2n) is 3.55. The zero-order valence-electron chi connectivity index (χ0n) is 9.59. The van der Waals surface area contributed by atoms with Crippen LogP contribution in [0.25, 0.3) is 0 Å². The highest BCUT2D eigenvalue weighted by atomic mass is 16.5. The first kappa shape index (κ1) is 13.4. The summed E-state index contributed by atoms with van der Waals surface area (Å²) >= 11 is 0. The molecular weight excluding hydrogens is 224 g/mol. The molecule has 1 atom stereocenters. The highest BCUT2D eigenvalue weighted by Gasteiger charge is 2.09. The Labute approximate surface area is 99.3 Å². The number of hydrogen-bond acceptors (Lipinski definition) is 5. The molecule has 0 aromatic carbocycles. The summed E-state index contributed by atoms with van der Waals surface area (Å²) in [6, 6.07) is 3.63. The minimum absolute atomic E-state index is 0.213. The Kier molecular flexibility index (Phi) is 5.38. The number of aromatic nitrogens is 1. The minimum atomic E-state index is -1.02. The standard InChI is InChI=1S/C11H16N2O4/c1-17-11-8(3-2-4-13-11)6-12-7-9(14)5-10(15)16/h2-4,9,12,14H,5-7H2,1H3,(H,15,16). The summed E-state index contributed by atoms with van der Waals surface area (Å²) in [5.74, 6) is -0.494. The predicted octanol–water partition coefficient (Wildman–Crippen LogP) is 0.0154. The molecular formula is C11H16N2O4. The van der Waals surface area contributed by atoms with Gasteiger partial charge in [0.2, 0.25) is 5.88 Å². The van der Waals surface area contributed by atoms with Gasteiger partial charge in [0.1, 0.15) is 0 Å². The van der Waals surface area contributed by atoms with Gasteiger partial charge in [-0.15, -0.1) is 0 Å². The zero-order valence-corrected chi connectivity index (χ0v) is 9.59. The fraction of sp³-hybridized carbons (Fsp3) is 0.455. The van der Waals surface area contributed by atoms with Gasteiger partial charge in [0.15, 0.2) is 0 Å². The first-order valence-corrected chi connectivity index (χ1v) is 5.22. The van der Waals surface area contributed by atoms with Crippen molar-refractivity contribution in [3.63, 3.8) is 0 Å². The van der Waals surface area contributed by atoms with E-state index in [1.165, 1.54) is 7.11 Å². The smallest absolute Gasteiger partial charge is 0.306 e. The number of nitrogens with zero attached hydrogens (tertiary/aromatic N) is 1. The number of nitrogens with one attached hydrogen (secondary N) is 1. The lowest BCUT2D eigenvalue weighted by atomic mass is 10.2. The van der Waals surface area contributed by atoms with Crippen molar-refractivity contribution in [2.75, 3.05) is 13.7 Å². The molecule has 94 valence electrons. The molecule has 0 aliphatic carbocycles. The lowest BCUT2D eigenvalue weighted by molar-refractivity contribution is -0.139. The molecule has 0 radical (unpaired) electrons. The number of pyridine rings is 1. The van der Waals surface area contributed by atoms with E-state index >= 15 is 0 Å². The van der Waals surface area contributed by atoms with Gasteiger partial charge in [0.25, 0.3) is 0 Å². The monoisotopic (exact) mass is 240 g/mol. The molecule has 0 spiro atoms. The van der Waals surface area contributed by atoms with E-state index < -0.39 is 12.1 Å². The van der Waals surface area contributed by atoms with Gasteiger partial charge in [0.05, 0.1) is 19.6 Å². The Balaban J connectivity index is 2.37. The van der Waals surface area contributed by atoms with Crippen LogP contribution in [0.3, 0.4) is 0 Å². The summed E-state index contributed by atoms with van der Waals surface area (Å²) in [6.07, 6.45) is 0.467. The molecule has 0 fully saturated rings. The summed E-state index contributed by atoms with van der Waals surface area (Å²) in [6.45, 7) is 0.679. The van der Waals surface area contributed by atoms with Crippen LogP contribution in [0.15, 0.2) is 18.3 Å². The van der Waals surface area contributed by atoms with E-state index in [9.17, 15) is 9.90 Å². The van der Waals surface area contributed by atoms with Crippen molar-refractivity contribution in [1.82, 2.24) is 10.3 Å². The third-order valence-electron chi connectivity index (χ3n) is 2.15. The lowest BCUT2D eigenvalue weighted by Crippen LogP contribution is -2.28. The maximum Gasteiger partial charge on any atom is 0.306 e. The molecule has 1 heterocycles. The number of aliphatic hydroxyl groups is 1. The third-order valence-corrected chi connectivity index (χ3v) is 2.15. The molecule has 0 bridgehead atoms. The van der Waals surface area contributed by atoms with Crippen LogP contribution in [0.4, 0.5) is 0 Å². The Hall–Kier alpha value is -1.66. The highest BCUT2D eigenvalue weighted by molar-refractivity contribution is 5.67. The third kappa shape index (κ3) is 4.80. The van der Waals surface area contributed by atoms with Crippen LogP contribution in [0, 0.1) is 0 Å². The summed E-state index contributed by atoms with van der Waals surface area (Å²) in [5.41, 5.74) is 0.859. The molecule has 3 N–H and O–H groups in total. The van der Waals surface area contributed by atoms with Crippen LogP contribution >= 0.6 is 0 Å². The number of hydrogen-bond donors (Lipinski definition) is 3. The minimum Gasteiger partial charge on any atom is -0.481 e. The van der Waals surface area contributed by atoms with Gasteiger partial charge in [-0.25, -0.2) is 4.98 Å². The van der Waals surface area contributed by atoms with Crippen LogP contribution in [0.5, 0.6) is 5.88 Å². The normalized spacial score (nSPS) is 12.1. The molecule has 0 aliphatic heterocycles. The fourth-order valence-electron chi connectivity index (χ4n) is 1.39. The summed E-state index contributed by atoms with van der Waals surface area (Å²) in [5, 5.41) is 20.7. The second kappa shape index (κ2) is 6.82. The first-order chi connectivity index (χ1) is 8.13. The largest absolute Gasteiger partial charge is 0.481 e. The Morgan fingerprint density at radius 1 is 1.65 bits per heavy atom. The molecule has 0 saturated heterocycles. The van der Waals surface area contributed by atoms with Gasteiger partial charge in [-0.2, -0.15) is 0 Å². The van der Waals surface area contributed by atoms with Crippen molar-refractivity contribution in [3.05, 3.63) is 23.9 Å². The van der Waals surface area contributed by atoms with Crippen molar-refractivity contribution in [2.45, 2.75) is 19.1 Å². The van der Waals surface area contributed by atoms with Gasteiger partial charge in [-0.1, -0.05) is 6.07 Å². The quantitative estimate of drug-likeness (QED) is 0.622. The number of aliphatic carboxylic acids is 1. The van der Waals surface area contributed by atoms with Gasteiger partial charge >= 0.3 is 5.97 Å². The van der Waals surface area contributed by atoms with E-state index in [1.807, 2.05) is 6.07 Å². The number of rotatable bonds is 7. The fourth-order valence-corrected chi connectivity index (χ4v) is 1.39. The van der Waals surface area contributed by atoms with Crippen LogP contribution in [0.2, 0.25) is 0 Å². The molecule has 0 amide bonds. The molecule has 1 rings (SSSR count). The van der Waals surface area contributed by atoms with E-state index in [2.05, 4.69) is 10.3 Å². The van der Waals surface area contributed by atoms with Crippen molar-refractivity contribution in [1.29, 1.82) is 0 Å². The predicted molar refractivity (Wildman–Crippen MR) is 60.8 cm³/mol. The number of aliphatic hydroxyl groups excluding tert-OH is 1. The van der Waals surface area contributed by atoms with Crippen molar-refractivity contribution >= 4 is 5.97 Å². The topological polar surface area (TPSA) is 91.7 Å². The number of carboxylic acids is 1. The van der Waals surface area contributed by atoms with Gasteiger partial charge in [-0.3, -0.25) is 4.79 Å². The van der Waals surface area contributed by atoms with Gasteiger partial charge in [-0.05, 0) is 6.07 Å². The van der Waals surface area contributed by atoms with E-state index in [1.54, 1.807) is 12.3 Å². The molecule has 1 aromatic rings. The summed E-state index contributed by atoms with van der Waals surface area (Å²) in [4.78, 5) is 14.4. The molecule has 17 heavy (non-hydrogen) atoms. The van der Waals surface area contributed by atoms with E-state index in [-0.39, 0.29) is 13.0 Å². The SMILES string of the molecule is COc1ncccc1CNCC(O)CC(=O)O. The van der Waals surface area contributed by atoms with E-state index in [4.69, 9.17) is 9.84 Å². The number of methoxy groups -OCH3 is 1. The Morgan fingerprint density at radius 3 is 3.06 bits per heavy atom. The Morgan fingerprint density at radius 2 is 2.41 bits per heavy atom. The molecule has 6 nitrogen and oxygen atoms in total. The molecule has 1 aromatic heterocycles. The van der Waals surface area contributed by atoms with E-state index in [0.29, 0.717) is 12.4 Å². The maximum atomic E-state index is 10.3. The van der Waals surface area contributed by atoms with Crippen LogP contribution in [-0.4, -0.2) is 40.9 Å². The van der Waals surface area contributed by atoms with Crippen molar-refractivity contribution in [2.24, 2.45) is 0 Å². The van der Waals surface area contributed by atoms with Crippen LogP contribution in [0.1, 0.15) is 12.0 Å². The van der Waals surface area contributed by atoms with Gasteiger partial charge < -0.3 is 20.3 Å². The summed E-state index contributed by atoms with van der Waals surface area (Å²) < 4.78 is 5.06. The molecule has 6 heteroatoms. The van der Waals surface area contributed by atoms with Crippen molar-refractivity contribution in [3.8, 4) is 5.88 Å². The number of carbonyl (C=O) groups is 1. The van der Waals surface area contributed by atoms with Gasteiger partial charge in [0, 0.05) is 24.8 Å². The van der Waals surface area contributed by atoms with E-state index in [0.717, 1.165) is 5.56 Å². The second-order valence-corrected chi connectivity index (χ2v) is 3.55.